The lowest BCUT2D eigenvalue weighted by Crippen LogP contribution is -2.45. The first-order valence-corrected chi connectivity index (χ1v) is 8.27. The highest BCUT2D eigenvalue weighted by molar-refractivity contribution is 6.06. The van der Waals surface area contributed by atoms with Crippen molar-refractivity contribution in [2.75, 3.05) is 13.1 Å². The van der Waals surface area contributed by atoms with Crippen LogP contribution in [0.3, 0.4) is 0 Å². The van der Waals surface area contributed by atoms with Crippen LogP contribution in [0.25, 0.3) is 10.9 Å². The summed E-state index contributed by atoms with van der Waals surface area (Å²) in [5, 5.41) is 0.596. The molecule has 1 aliphatic heterocycles. The molecule has 0 radical (unpaired) electrons. The summed E-state index contributed by atoms with van der Waals surface area (Å²) in [6.07, 6.45) is 4.09. The zero-order valence-electron chi connectivity index (χ0n) is 13.0. The van der Waals surface area contributed by atoms with Crippen LogP contribution >= 0.6 is 0 Å². The van der Waals surface area contributed by atoms with Crippen LogP contribution in [-0.2, 0) is 0 Å². The van der Waals surface area contributed by atoms with Gasteiger partial charge in [0, 0.05) is 36.1 Å². The number of rotatable bonds is 2. The molecular formula is C18H20FN3O. The first-order chi connectivity index (χ1) is 11.1. The van der Waals surface area contributed by atoms with Crippen LogP contribution < -0.4 is 5.73 Å². The van der Waals surface area contributed by atoms with Gasteiger partial charge >= 0.3 is 0 Å². The van der Waals surface area contributed by atoms with Crippen LogP contribution in [0.5, 0.6) is 0 Å². The Morgan fingerprint density at radius 1 is 1.26 bits per heavy atom. The molecule has 2 N–H and O–H groups in total. The molecule has 1 atom stereocenters. The summed E-state index contributed by atoms with van der Waals surface area (Å²) >= 11 is 0. The molecule has 4 rings (SSSR count). The van der Waals surface area contributed by atoms with Crippen LogP contribution in [0.2, 0.25) is 0 Å². The van der Waals surface area contributed by atoms with E-state index in [1.54, 1.807) is 11.0 Å². The van der Waals surface area contributed by atoms with Crippen LogP contribution in [0.15, 0.2) is 24.3 Å². The fourth-order valence-electron chi connectivity index (χ4n) is 3.35. The van der Waals surface area contributed by atoms with Crippen molar-refractivity contribution in [1.29, 1.82) is 0 Å². The van der Waals surface area contributed by atoms with Gasteiger partial charge in [-0.25, -0.2) is 4.39 Å². The van der Waals surface area contributed by atoms with Gasteiger partial charge in [-0.05, 0) is 49.9 Å². The minimum Gasteiger partial charge on any atom is -0.337 e. The smallest absolute Gasteiger partial charge is 0.254 e. The summed E-state index contributed by atoms with van der Waals surface area (Å²) in [7, 11) is 0. The summed E-state index contributed by atoms with van der Waals surface area (Å²) in [4.78, 5) is 19.4. The topological polar surface area (TPSA) is 59.2 Å². The second kappa shape index (κ2) is 5.57. The zero-order valence-corrected chi connectivity index (χ0v) is 13.0. The number of carbonyl (C=O) groups is 1. The number of pyridine rings is 1. The van der Waals surface area contributed by atoms with Crippen LogP contribution in [0.1, 0.15) is 47.7 Å². The van der Waals surface area contributed by atoms with Crippen LogP contribution in [-0.4, -0.2) is 34.9 Å². The van der Waals surface area contributed by atoms with E-state index in [0.29, 0.717) is 35.5 Å². The molecule has 4 nitrogen and oxygen atoms in total. The van der Waals surface area contributed by atoms with Crippen molar-refractivity contribution in [3.8, 4) is 0 Å². The number of amides is 1. The standard InChI is InChI=1S/C18H20FN3O/c19-12-5-6-16-14(8-12)15(9-17(21-16)11-3-4-11)18(23)22-7-1-2-13(20)10-22/h5-6,8-9,11,13H,1-4,7,10,20H2. The molecule has 1 aromatic heterocycles. The molecule has 0 bridgehead atoms. The third kappa shape index (κ3) is 2.81. The van der Waals surface area contributed by atoms with Gasteiger partial charge in [0.05, 0.1) is 11.1 Å². The predicted octanol–water partition coefficient (Wildman–Crippen LogP) is 2.81. The molecule has 2 aliphatic rings. The van der Waals surface area contributed by atoms with Gasteiger partial charge in [-0.3, -0.25) is 9.78 Å². The van der Waals surface area contributed by atoms with Gasteiger partial charge in [-0.1, -0.05) is 0 Å². The molecule has 1 aliphatic carbocycles. The van der Waals surface area contributed by atoms with E-state index < -0.39 is 0 Å². The number of fused-ring (bicyclic) bond motifs is 1. The molecule has 1 aromatic carbocycles. The molecule has 0 spiro atoms. The average molecular weight is 313 g/mol. The number of likely N-dealkylation sites (tertiary alicyclic amines) is 1. The van der Waals surface area contributed by atoms with Gasteiger partial charge in [0.15, 0.2) is 0 Å². The Kier molecular flexibility index (Phi) is 3.53. The number of nitrogens with two attached hydrogens (primary N) is 1. The number of benzene rings is 1. The maximum absolute atomic E-state index is 13.7. The second-order valence-electron chi connectivity index (χ2n) is 6.68. The number of hydrogen-bond acceptors (Lipinski definition) is 3. The van der Waals surface area contributed by atoms with Crippen molar-refractivity contribution < 1.29 is 9.18 Å². The SMILES string of the molecule is NC1CCCN(C(=O)c2cc(C3CC3)nc3ccc(F)cc23)C1. The predicted molar refractivity (Wildman–Crippen MR) is 86.8 cm³/mol. The van der Waals surface area contributed by atoms with Crippen molar-refractivity contribution in [1.82, 2.24) is 9.88 Å². The minimum absolute atomic E-state index is 0.0282. The van der Waals surface area contributed by atoms with Gasteiger partial charge in [-0.2, -0.15) is 0 Å². The maximum atomic E-state index is 13.7. The molecule has 1 amide bonds. The van der Waals surface area contributed by atoms with E-state index in [0.717, 1.165) is 31.4 Å². The summed E-state index contributed by atoms with van der Waals surface area (Å²) in [6, 6.07) is 6.37. The number of piperidine rings is 1. The third-order valence-electron chi connectivity index (χ3n) is 4.76. The first-order valence-electron chi connectivity index (χ1n) is 8.27. The molecule has 23 heavy (non-hydrogen) atoms. The van der Waals surface area contributed by atoms with Gasteiger partial charge in [0.1, 0.15) is 5.82 Å². The highest BCUT2D eigenvalue weighted by Crippen LogP contribution is 2.40. The molecular weight excluding hydrogens is 293 g/mol. The third-order valence-corrected chi connectivity index (χ3v) is 4.76. The Bertz CT molecular complexity index is 772. The van der Waals surface area contributed by atoms with Crippen molar-refractivity contribution in [2.24, 2.45) is 5.73 Å². The number of carbonyl (C=O) groups excluding carboxylic acids is 1. The van der Waals surface area contributed by atoms with Crippen molar-refractivity contribution in [3.05, 3.63) is 41.3 Å². The summed E-state index contributed by atoms with van der Waals surface area (Å²) < 4.78 is 13.7. The number of nitrogens with zero attached hydrogens (tertiary/aromatic N) is 2. The first kappa shape index (κ1) is 14.6. The van der Waals surface area contributed by atoms with Gasteiger partial charge in [-0.15, -0.1) is 0 Å². The zero-order chi connectivity index (χ0) is 16.0. The Labute approximate surface area is 134 Å². The number of halogens is 1. The lowest BCUT2D eigenvalue weighted by atomic mass is 10.0. The van der Waals surface area contributed by atoms with Crippen LogP contribution in [0, 0.1) is 5.82 Å². The van der Waals surface area contributed by atoms with E-state index in [1.807, 2.05) is 6.07 Å². The van der Waals surface area contributed by atoms with E-state index in [2.05, 4.69) is 4.98 Å². The van der Waals surface area contributed by atoms with E-state index >= 15 is 0 Å². The lowest BCUT2D eigenvalue weighted by molar-refractivity contribution is 0.0710. The Balaban J connectivity index is 1.80. The van der Waals surface area contributed by atoms with Crippen molar-refractivity contribution >= 4 is 16.8 Å². The monoisotopic (exact) mass is 313 g/mol. The second-order valence-corrected chi connectivity index (χ2v) is 6.68. The minimum atomic E-state index is -0.345. The summed E-state index contributed by atoms with van der Waals surface area (Å²) in [6.45, 7) is 1.28. The Morgan fingerprint density at radius 3 is 2.83 bits per heavy atom. The van der Waals surface area contributed by atoms with E-state index in [4.69, 9.17) is 5.73 Å². The summed E-state index contributed by atoms with van der Waals surface area (Å²) in [5.74, 6) is 0.0440. The van der Waals surface area contributed by atoms with Crippen molar-refractivity contribution in [3.63, 3.8) is 0 Å². The normalized spacial score (nSPS) is 21.7. The molecule has 2 heterocycles. The van der Waals surface area contributed by atoms with Crippen LogP contribution in [0.4, 0.5) is 4.39 Å². The molecule has 120 valence electrons. The molecule has 2 fully saturated rings. The fraction of sp³-hybridized carbons (Fsp3) is 0.444. The maximum Gasteiger partial charge on any atom is 0.254 e. The lowest BCUT2D eigenvalue weighted by Gasteiger charge is -2.31. The molecule has 2 aromatic rings. The van der Waals surface area contributed by atoms with Crippen molar-refractivity contribution in [2.45, 2.75) is 37.6 Å². The van der Waals surface area contributed by atoms with E-state index in [9.17, 15) is 9.18 Å². The molecule has 1 saturated heterocycles. The van der Waals surface area contributed by atoms with E-state index in [-0.39, 0.29) is 17.8 Å². The highest BCUT2D eigenvalue weighted by Gasteiger charge is 2.29. The molecule has 1 unspecified atom stereocenters. The number of hydrogen-bond donors (Lipinski definition) is 1. The fourth-order valence-corrected chi connectivity index (χ4v) is 3.35. The molecule has 5 heteroatoms. The quantitative estimate of drug-likeness (QED) is 0.927. The van der Waals surface area contributed by atoms with E-state index in [1.165, 1.54) is 12.1 Å². The number of aromatic nitrogens is 1. The Hall–Kier alpha value is -2.01. The Morgan fingerprint density at radius 2 is 2.09 bits per heavy atom. The van der Waals surface area contributed by atoms with Gasteiger partial charge in [0.2, 0.25) is 0 Å². The largest absolute Gasteiger partial charge is 0.337 e. The van der Waals surface area contributed by atoms with Gasteiger partial charge < -0.3 is 10.6 Å². The molecule has 1 saturated carbocycles. The average Bonchev–Trinajstić information content (AvgIpc) is 3.38. The van der Waals surface area contributed by atoms with Gasteiger partial charge in [0.25, 0.3) is 5.91 Å². The highest BCUT2D eigenvalue weighted by atomic mass is 19.1. The summed E-state index contributed by atoms with van der Waals surface area (Å²) in [5.41, 5.74) is 8.21.